The van der Waals surface area contributed by atoms with E-state index in [1.165, 1.54) is 82.6 Å². The largest absolute Gasteiger partial charge is 0.376 e. The van der Waals surface area contributed by atoms with Crippen LogP contribution in [0.1, 0.15) is 70.7 Å². The molecule has 27 heavy (non-hydrogen) atoms. The van der Waals surface area contributed by atoms with Crippen LogP contribution in [0.4, 0.5) is 0 Å². The molecule has 3 aliphatic heterocycles. The Hall–Kier alpha value is -0.910. The predicted octanol–water partition coefficient (Wildman–Crippen LogP) is 3.56. The van der Waals surface area contributed by atoms with Gasteiger partial charge >= 0.3 is 0 Å². The highest BCUT2D eigenvalue weighted by atomic mass is 16.5. The molecular formula is C22H38N4O. The second-order valence-electron chi connectivity index (χ2n) is 9.62. The lowest BCUT2D eigenvalue weighted by atomic mass is 9.78. The molecule has 2 saturated heterocycles. The molecule has 0 aromatic carbocycles. The summed E-state index contributed by atoms with van der Waals surface area (Å²) >= 11 is 0. The molecule has 5 heteroatoms. The zero-order valence-corrected chi connectivity index (χ0v) is 17.6. The highest BCUT2D eigenvalue weighted by molar-refractivity contribution is 5.26. The van der Waals surface area contributed by atoms with Gasteiger partial charge in [0.05, 0.1) is 23.2 Å². The van der Waals surface area contributed by atoms with Crippen molar-refractivity contribution in [2.24, 2.45) is 5.92 Å². The number of hydrogen-bond acceptors (Lipinski definition) is 4. The van der Waals surface area contributed by atoms with Gasteiger partial charge in [0.2, 0.25) is 0 Å². The van der Waals surface area contributed by atoms with Crippen LogP contribution in [-0.4, -0.2) is 64.7 Å². The summed E-state index contributed by atoms with van der Waals surface area (Å²) in [4.78, 5) is 13.7. The van der Waals surface area contributed by atoms with Gasteiger partial charge in [0, 0.05) is 44.9 Å². The maximum Gasteiger partial charge on any atom is 0.0926 e. The van der Waals surface area contributed by atoms with Gasteiger partial charge in [-0.1, -0.05) is 13.3 Å². The quantitative estimate of drug-likeness (QED) is 0.856. The van der Waals surface area contributed by atoms with Crippen molar-refractivity contribution in [3.8, 4) is 0 Å². The normalized spacial score (nSPS) is 28.3. The number of nitrogens with one attached hydrogen (secondary N) is 1. The van der Waals surface area contributed by atoms with Crippen LogP contribution in [0.15, 0.2) is 6.33 Å². The Kier molecular flexibility index (Phi) is 5.64. The summed E-state index contributed by atoms with van der Waals surface area (Å²) in [7, 11) is 0. The lowest BCUT2D eigenvalue weighted by Crippen LogP contribution is -2.57. The third-order valence-electron chi connectivity index (χ3n) is 7.18. The Bertz CT molecular complexity index is 618. The number of nitrogens with zero attached hydrogens (tertiary/aromatic N) is 3. The van der Waals surface area contributed by atoms with Crippen molar-refractivity contribution in [3.05, 3.63) is 17.7 Å². The van der Waals surface area contributed by atoms with Crippen molar-refractivity contribution >= 4 is 0 Å². The molecule has 0 amide bonds. The zero-order chi connectivity index (χ0) is 18.9. The van der Waals surface area contributed by atoms with E-state index in [9.17, 15) is 0 Å². The van der Waals surface area contributed by atoms with Gasteiger partial charge < -0.3 is 14.6 Å². The lowest BCUT2D eigenvalue weighted by Gasteiger charge is -2.51. The van der Waals surface area contributed by atoms with Crippen LogP contribution in [0.25, 0.3) is 0 Å². The third kappa shape index (κ3) is 3.96. The molecular weight excluding hydrogens is 336 g/mol. The Morgan fingerprint density at radius 2 is 2.07 bits per heavy atom. The summed E-state index contributed by atoms with van der Waals surface area (Å²) in [6, 6.07) is 0. The minimum atomic E-state index is 0.0597. The summed E-state index contributed by atoms with van der Waals surface area (Å²) in [5.41, 5.74) is 2.98. The summed E-state index contributed by atoms with van der Waals surface area (Å²) < 4.78 is 5.92. The molecule has 1 N–H and O–H groups in total. The number of piperidine rings is 1. The smallest absolute Gasteiger partial charge is 0.0926 e. The van der Waals surface area contributed by atoms with E-state index in [0.717, 1.165) is 18.9 Å². The molecule has 3 aliphatic rings. The van der Waals surface area contributed by atoms with Crippen LogP contribution in [0.5, 0.6) is 0 Å². The number of likely N-dealkylation sites (tertiary alicyclic amines) is 1. The third-order valence-corrected chi connectivity index (χ3v) is 7.18. The summed E-state index contributed by atoms with van der Waals surface area (Å²) in [6.07, 6.45) is 10.5. The minimum Gasteiger partial charge on any atom is -0.376 e. The SMILES string of the molecule is CCCCN1CCc2[nH]cnc2C12CCN(CC1CCOC(C)(C)C1)CC2. The number of aromatic amines is 1. The van der Waals surface area contributed by atoms with Gasteiger partial charge in [0.25, 0.3) is 0 Å². The Morgan fingerprint density at radius 1 is 1.26 bits per heavy atom. The Labute approximate surface area is 164 Å². The highest BCUT2D eigenvalue weighted by Gasteiger charge is 2.46. The molecule has 0 radical (unpaired) electrons. The molecule has 4 rings (SSSR count). The Morgan fingerprint density at radius 3 is 2.81 bits per heavy atom. The van der Waals surface area contributed by atoms with Gasteiger partial charge in [-0.15, -0.1) is 0 Å². The molecule has 0 aliphatic carbocycles. The van der Waals surface area contributed by atoms with E-state index < -0.39 is 0 Å². The molecule has 1 atom stereocenters. The fraction of sp³-hybridized carbons (Fsp3) is 0.864. The van der Waals surface area contributed by atoms with Crippen LogP contribution in [-0.2, 0) is 16.7 Å². The maximum atomic E-state index is 5.92. The highest BCUT2D eigenvalue weighted by Crippen LogP contribution is 2.42. The first kappa shape index (κ1) is 19.4. The molecule has 1 spiro atoms. The monoisotopic (exact) mass is 374 g/mol. The van der Waals surface area contributed by atoms with E-state index in [0.29, 0.717) is 0 Å². The van der Waals surface area contributed by atoms with Gasteiger partial charge in [0.1, 0.15) is 0 Å². The molecule has 5 nitrogen and oxygen atoms in total. The van der Waals surface area contributed by atoms with Crippen molar-refractivity contribution in [2.75, 3.05) is 39.3 Å². The van der Waals surface area contributed by atoms with Gasteiger partial charge in [-0.25, -0.2) is 4.98 Å². The zero-order valence-electron chi connectivity index (χ0n) is 17.6. The number of fused-ring (bicyclic) bond motifs is 2. The number of hydrogen-bond donors (Lipinski definition) is 1. The van der Waals surface area contributed by atoms with E-state index in [1.807, 2.05) is 6.33 Å². The Balaban J connectivity index is 1.43. The first-order chi connectivity index (χ1) is 13.0. The van der Waals surface area contributed by atoms with Crippen LogP contribution < -0.4 is 0 Å². The van der Waals surface area contributed by atoms with Crippen LogP contribution in [0.2, 0.25) is 0 Å². The van der Waals surface area contributed by atoms with Crippen LogP contribution in [0.3, 0.4) is 0 Å². The van der Waals surface area contributed by atoms with Gasteiger partial charge in [0.15, 0.2) is 0 Å². The molecule has 152 valence electrons. The van der Waals surface area contributed by atoms with Crippen LogP contribution >= 0.6 is 0 Å². The van der Waals surface area contributed by atoms with E-state index in [2.05, 4.69) is 35.6 Å². The second-order valence-corrected chi connectivity index (χ2v) is 9.62. The number of aromatic nitrogens is 2. The van der Waals surface area contributed by atoms with Crippen molar-refractivity contribution in [3.63, 3.8) is 0 Å². The topological polar surface area (TPSA) is 44.4 Å². The molecule has 1 unspecified atom stereocenters. The first-order valence-corrected chi connectivity index (χ1v) is 11.2. The molecule has 0 bridgehead atoms. The first-order valence-electron chi connectivity index (χ1n) is 11.2. The van der Waals surface area contributed by atoms with Crippen molar-refractivity contribution < 1.29 is 4.74 Å². The lowest BCUT2D eigenvalue weighted by molar-refractivity contribution is -0.0803. The number of H-pyrrole nitrogens is 1. The molecule has 0 saturated carbocycles. The molecule has 1 aromatic rings. The predicted molar refractivity (Wildman–Crippen MR) is 109 cm³/mol. The minimum absolute atomic E-state index is 0.0597. The van der Waals surface area contributed by atoms with Crippen molar-refractivity contribution in [1.29, 1.82) is 0 Å². The van der Waals surface area contributed by atoms with E-state index in [1.54, 1.807) is 0 Å². The number of ether oxygens (including phenoxy) is 1. The fourth-order valence-electron chi connectivity index (χ4n) is 5.74. The average Bonchev–Trinajstić information content (AvgIpc) is 3.12. The second kappa shape index (κ2) is 7.84. The number of unbranched alkanes of at least 4 members (excludes halogenated alkanes) is 1. The fourth-order valence-corrected chi connectivity index (χ4v) is 5.74. The molecule has 2 fully saturated rings. The van der Waals surface area contributed by atoms with Gasteiger partial charge in [-0.05, 0) is 58.4 Å². The molecule has 4 heterocycles. The van der Waals surface area contributed by atoms with E-state index >= 15 is 0 Å². The van der Waals surface area contributed by atoms with Crippen molar-refractivity contribution in [2.45, 2.75) is 76.9 Å². The van der Waals surface area contributed by atoms with E-state index in [-0.39, 0.29) is 11.1 Å². The summed E-state index contributed by atoms with van der Waals surface area (Å²) in [5, 5.41) is 0. The van der Waals surface area contributed by atoms with E-state index in [4.69, 9.17) is 9.72 Å². The average molecular weight is 375 g/mol. The molecule has 1 aromatic heterocycles. The summed E-state index contributed by atoms with van der Waals surface area (Å²) in [5.74, 6) is 0.784. The maximum absolute atomic E-state index is 5.92. The summed E-state index contributed by atoms with van der Waals surface area (Å²) in [6.45, 7) is 13.8. The number of imidazole rings is 1. The van der Waals surface area contributed by atoms with Crippen LogP contribution in [0, 0.1) is 5.92 Å². The van der Waals surface area contributed by atoms with Gasteiger partial charge in [-0.3, -0.25) is 4.90 Å². The number of rotatable bonds is 5. The van der Waals surface area contributed by atoms with Crippen molar-refractivity contribution in [1.82, 2.24) is 19.8 Å². The standard InChI is InChI=1S/C22H38N4O/c1-4-5-10-26-11-6-19-20(24-17-23-19)22(26)8-12-25(13-9-22)16-18-7-14-27-21(2,3)15-18/h17-18H,4-16H2,1-3H3,(H,23,24). The van der Waals surface area contributed by atoms with Gasteiger partial charge in [-0.2, -0.15) is 0 Å².